The number of cyclic esters (lactones) is 1. The van der Waals surface area contributed by atoms with Gasteiger partial charge in [-0.25, -0.2) is 9.79 Å². The molecule has 0 radical (unpaired) electrons. The maximum absolute atomic E-state index is 11.4. The topological polar surface area (TPSA) is 62.4 Å². The van der Waals surface area contributed by atoms with Crippen molar-refractivity contribution in [1.82, 2.24) is 0 Å². The molecule has 0 N–H and O–H groups in total. The van der Waals surface area contributed by atoms with Crippen LogP contribution in [0.25, 0.3) is 0 Å². The Hall–Kier alpha value is -2.41. The normalized spacial score (nSPS) is 17.1. The zero-order valence-electron chi connectivity index (χ0n) is 11.1. The second-order valence-electron chi connectivity index (χ2n) is 4.79. The van der Waals surface area contributed by atoms with Crippen LogP contribution in [0.2, 0.25) is 0 Å². The number of nitriles is 1. The maximum atomic E-state index is 11.4. The number of ether oxygens (including phenoxy) is 1. The maximum Gasteiger partial charge on any atom is 0.363 e. The summed E-state index contributed by atoms with van der Waals surface area (Å²) in [6, 6.07) is 9.55. The van der Waals surface area contributed by atoms with Gasteiger partial charge in [0.25, 0.3) is 0 Å². The molecule has 0 aliphatic carbocycles. The Balaban J connectivity index is 2.31. The highest BCUT2D eigenvalue weighted by atomic mass is 16.6. The SMILES string of the molecule is C/C=C1\N=C(c2ccc(C(C)(C)C#N)cc2)OC1=O. The molecule has 0 amide bonds. The Kier molecular flexibility index (Phi) is 3.22. The van der Waals surface area contributed by atoms with Crippen LogP contribution in [-0.2, 0) is 14.9 Å². The highest BCUT2D eigenvalue weighted by Gasteiger charge is 2.24. The van der Waals surface area contributed by atoms with Crippen molar-refractivity contribution in [1.29, 1.82) is 5.26 Å². The first-order valence-corrected chi connectivity index (χ1v) is 5.97. The van der Waals surface area contributed by atoms with E-state index in [2.05, 4.69) is 11.1 Å². The third kappa shape index (κ3) is 2.41. The average Bonchev–Trinajstić information content (AvgIpc) is 2.80. The fourth-order valence-electron chi connectivity index (χ4n) is 1.72. The van der Waals surface area contributed by atoms with Crippen LogP contribution in [0.4, 0.5) is 0 Å². The molecule has 0 saturated heterocycles. The third-order valence-corrected chi connectivity index (χ3v) is 3.03. The lowest BCUT2D eigenvalue weighted by Gasteiger charge is -2.15. The van der Waals surface area contributed by atoms with Gasteiger partial charge in [0.2, 0.25) is 5.90 Å². The van der Waals surface area contributed by atoms with E-state index >= 15 is 0 Å². The van der Waals surface area contributed by atoms with Crippen molar-refractivity contribution < 1.29 is 9.53 Å². The molecule has 2 rings (SSSR count). The Morgan fingerprint density at radius 1 is 1.32 bits per heavy atom. The number of esters is 1. The van der Waals surface area contributed by atoms with Crippen LogP contribution in [0, 0.1) is 11.3 Å². The van der Waals surface area contributed by atoms with E-state index in [1.54, 1.807) is 25.1 Å². The number of rotatable bonds is 2. The van der Waals surface area contributed by atoms with Crippen molar-refractivity contribution in [3.05, 3.63) is 47.2 Å². The predicted molar refractivity (Wildman–Crippen MR) is 71.5 cm³/mol. The van der Waals surface area contributed by atoms with Gasteiger partial charge in [-0.2, -0.15) is 5.26 Å². The molecule has 0 saturated carbocycles. The lowest BCUT2D eigenvalue weighted by Crippen LogP contribution is -2.14. The van der Waals surface area contributed by atoms with E-state index in [0.717, 1.165) is 11.1 Å². The van der Waals surface area contributed by atoms with E-state index in [-0.39, 0.29) is 0 Å². The molecular weight excluding hydrogens is 240 g/mol. The number of carbonyl (C=O) groups is 1. The number of hydrogen-bond acceptors (Lipinski definition) is 4. The summed E-state index contributed by atoms with van der Waals surface area (Å²) in [5, 5.41) is 9.08. The van der Waals surface area contributed by atoms with Crippen molar-refractivity contribution in [3.8, 4) is 6.07 Å². The first-order chi connectivity index (χ1) is 8.97. The Labute approximate surface area is 112 Å². The second-order valence-corrected chi connectivity index (χ2v) is 4.79. The molecule has 1 aromatic rings. The zero-order chi connectivity index (χ0) is 14.0. The van der Waals surface area contributed by atoms with Gasteiger partial charge < -0.3 is 4.74 Å². The molecule has 1 aliphatic heterocycles. The zero-order valence-corrected chi connectivity index (χ0v) is 11.1. The highest BCUT2D eigenvalue weighted by Crippen LogP contribution is 2.23. The van der Waals surface area contributed by atoms with E-state index < -0.39 is 11.4 Å². The van der Waals surface area contributed by atoms with Gasteiger partial charge in [-0.1, -0.05) is 18.2 Å². The molecule has 4 heteroatoms. The largest absolute Gasteiger partial charge is 0.402 e. The van der Waals surface area contributed by atoms with Gasteiger partial charge in [0.1, 0.15) is 5.70 Å². The number of hydrogen-bond donors (Lipinski definition) is 0. The van der Waals surface area contributed by atoms with Crippen LogP contribution in [-0.4, -0.2) is 11.9 Å². The molecule has 1 heterocycles. The molecule has 19 heavy (non-hydrogen) atoms. The van der Waals surface area contributed by atoms with E-state index in [0.29, 0.717) is 11.6 Å². The Morgan fingerprint density at radius 3 is 2.42 bits per heavy atom. The highest BCUT2D eigenvalue weighted by molar-refractivity contribution is 6.11. The summed E-state index contributed by atoms with van der Waals surface area (Å²) in [5.74, 6) is -0.127. The number of benzene rings is 1. The molecular formula is C15H14N2O2. The summed E-state index contributed by atoms with van der Waals surface area (Å²) in [7, 11) is 0. The van der Waals surface area contributed by atoms with Crippen LogP contribution >= 0.6 is 0 Å². The van der Waals surface area contributed by atoms with Crippen LogP contribution in [0.1, 0.15) is 31.9 Å². The number of carbonyl (C=O) groups excluding carboxylic acids is 1. The number of aliphatic imine (C=N–C) groups is 1. The van der Waals surface area contributed by atoms with Crippen LogP contribution in [0.5, 0.6) is 0 Å². The summed E-state index contributed by atoms with van der Waals surface area (Å²) in [4.78, 5) is 15.5. The summed E-state index contributed by atoms with van der Waals surface area (Å²) in [6.45, 7) is 5.45. The lowest BCUT2D eigenvalue weighted by atomic mass is 9.86. The molecule has 96 valence electrons. The van der Waals surface area contributed by atoms with Crippen molar-refractivity contribution in [2.75, 3.05) is 0 Å². The van der Waals surface area contributed by atoms with Gasteiger partial charge in [0.05, 0.1) is 11.5 Å². The van der Waals surface area contributed by atoms with Gasteiger partial charge in [0, 0.05) is 5.56 Å². The summed E-state index contributed by atoms with van der Waals surface area (Å²) < 4.78 is 5.08. The molecule has 0 unspecified atom stereocenters. The van der Waals surface area contributed by atoms with Gasteiger partial charge >= 0.3 is 5.97 Å². The van der Waals surface area contributed by atoms with E-state index in [9.17, 15) is 4.79 Å². The van der Waals surface area contributed by atoms with Crippen LogP contribution < -0.4 is 0 Å². The van der Waals surface area contributed by atoms with Crippen molar-refractivity contribution in [3.63, 3.8) is 0 Å². The minimum atomic E-state index is -0.541. The van der Waals surface area contributed by atoms with E-state index in [4.69, 9.17) is 10.00 Å². The summed E-state index contributed by atoms with van der Waals surface area (Å²) in [5.41, 5.74) is 1.41. The van der Waals surface area contributed by atoms with Crippen molar-refractivity contribution in [2.24, 2.45) is 4.99 Å². The monoisotopic (exact) mass is 254 g/mol. The molecule has 0 bridgehead atoms. The molecule has 4 nitrogen and oxygen atoms in total. The van der Waals surface area contributed by atoms with Gasteiger partial charge in [0.15, 0.2) is 0 Å². The number of nitrogens with zero attached hydrogens (tertiary/aromatic N) is 2. The standard InChI is InChI=1S/C15H14N2O2/c1-4-12-14(18)19-13(17-12)10-5-7-11(8-6-10)15(2,3)9-16/h4-8H,1-3H3/b12-4-. The van der Waals surface area contributed by atoms with E-state index in [1.807, 2.05) is 26.0 Å². The van der Waals surface area contributed by atoms with Gasteiger partial charge in [-0.15, -0.1) is 0 Å². The minimum absolute atomic E-state index is 0.305. The molecule has 0 atom stereocenters. The Bertz CT molecular complexity index is 617. The van der Waals surface area contributed by atoms with Gasteiger partial charge in [-0.05, 0) is 38.5 Å². The second kappa shape index (κ2) is 4.69. The molecule has 0 aromatic heterocycles. The summed E-state index contributed by atoms with van der Waals surface area (Å²) in [6.07, 6.45) is 1.61. The Morgan fingerprint density at radius 2 is 1.95 bits per heavy atom. The first-order valence-electron chi connectivity index (χ1n) is 5.97. The first kappa shape index (κ1) is 13.0. The van der Waals surface area contributed by atoms with Crippen molar-refractivity contribution >= 4 is 11.9 Å². The lowest BCUT2D eigenvalue weighted by molar-refractivity contribution is -0.130. The van der Waals surface area contributed by atoms with Crippen molar-refractivity contribution in [2.45, 2.75) is 26.2 Å². The fourth-order valence-corrected chi connectivity index (χ4v) is 1.72. The molecule has 1 aliphatic rings. The smallest absolute Gasteiger partial charge is 0.363 e. The fraction of sp³-hybridized carbons (Fsp3) is 0.267. The quantitative estimate of drug-likeness (QED) is 0.602. The summed E-state index contributed by atoms with van der Waals surface area (Å²) >= 11 is 0. The van der Waals surface area contributed by atoms with Gasteiger partial charge in [-0.3, -0.25) is 0 Å². The van der Waals surface area contributed by atoms with Crippen LogP contribution in [0.15, 0.2) is 41.0 Å². The molecule has 0 fully saturated rings. The predicted octanol–water partition coefficient (Wildman–Crippen LogP) is 2.69. The minimum Gasteiger partial charge on any atom is -0.402 e. The van der Waals surface area contributed by atoms with E-state index in [1.165, 1.54) is 0 Å². The molecule has 0 spiro atoms. The third-order valence-electron chi connectivity index (χ3n) is 3.03. The average molecular weight is 254 g/mol. The molecule has 1 aromatic carbocycles. The van der Waals surface area contributed by atoms with Crippen LogP contribution in [0.3, 0.4) is 0 Å². The number of allylic oxidation sites excluding steroid dienone is 1.